The number of imidazole rings is 1. The average molecular weight is 596 g/mol. The molecule has 0 amide bonds. The normalized spacial score (nSPS) is 20.2. The zero-order valence-electron chi connectivity index (χ0n) is 22.1. The largest absolute Gasteiger partial charge is 0.463 e. The summed E-state index contributed by atoms with van der Waals surface area (Å²) >= 11 is 6.53. The van der Waals surface area contributed by atoms with Gasteiger partial charge in [-0.3, -0.25) is 9.55 Å². The van der Waals surface area contributed by atoms with Gasteiger partial charge in [0.15, 0.2) is 5.82 Å². The minimum Gasteiger partial charge on any atom is -0.463 e. The van der Waals surface area contributed by atoms with Crippen LogP contribution in [0.4, 0.5) is 19.0 Å². The van der Waals surface area contributed by atoms with Crippen molar-refractivity contribution in [3.05, 3.63) is 71.7 Å². The lowest BCUT2D eigenvalue weighted by atomic mass is 10.0. The number of aromatic nitrogens is 5. The number of hydrogen-bond acceptors (Lipinski definition) is 8. The molecular weight excluding hydrogens is 571 g/mol. The summed E-state index contributed by atoms with van der Waals surface area (Å²) in [5.74, 6) is -0.104. The van der Waals surface area contributed by atoms with Crippen molar-refractivity contribution in [3.8, 4) is 17.3 Å². The van der Waals surface area contributed by atoms with Gasteiger partial charge in [-0.05, 0) is 17.9 Å². The Morgan fingerprint density at radius 3 is 2.76 bits per heavy atom. The molecule has 2 unspecified atom stereocenters. The number of benzene rings is 2. The second-order valence-electron chi connectivity index (χ2n) is 10.5. The fraction of sp³-hybridized carbons (Fsp3) is 0.310. The van der Waals surface area contributed by atoms with Crippen LogP contribution in [0.5, 0.6) is 6.01 Å². The molecule has 0 aliphatic carbocycles. The minimum atomic E-state index is -2.73. The number of fused-ring (bicyclic) bond motifs is 4. The number of aliphatic hydroxyl groups is 1. The van der Waals surface area contributed by atoms with Gasteiger partial charge in [0.05, 0.1) is 24.1 Å². The van der Waals surface area contributed by atoms with Gasteiger partial charge in [-0.25, -0.2) is 9.37 Å². The quantitative estimate of drug-likeness (QED) is 0.278. The highest BCUT2D eigenvalue weighted by Gasteiger charge is 2.40. The Labute approximate surface area is 242 Å². The number of aliphatic hydroxyl groups excluding tert-OH is 1. The van der Waals surface area contributed by atoms with Gasteiger partial charge in [0, 0.05) is 60.1 Å². The summed E-state index contributed by atoms with van der Waals surface area (Å²) in [4.78, 5) is 19.5. The van der Waals surface area contributed by atoms with Crippen LogP contribution in [-0.4, -0.2) is 67.5 Å². The van der Waals surface area contributed by atoms with Crippen molar-refractivity contribution in [2.24, 2.45) is 0 Å². The van der Waals surface area contributed by atoms with Crippen LogP contribution in [0.25, 0.3) is 32.9 Å². The molecule has 2 bridgehead atoms. The fourth-order valence-electron chi connectivity index (χ4n) is 5.95. The van der Waals surface area contributed by atoms with Crippen LogP contribution < -0.4 is 15.0 Å². The second kappa shape index (κ2) is 10.7. The molecule has 9 nitrogen and oxygen atoms in total. The summed E-state index contributed by atoms with van der Waals surface area (Å²) in [5.41, 5.74) is 0.596. The standard InChI is InChI=1S/C29H25ClF3N7O2/c30-19-6-2-4-15-3-1-5-17(23(15)19)25-24(31)26-18(12-35-25)27(39-13-16-11-21(41)20(14-39)36-16)38-29(37-26)42-10-7-22-34-8-9-40(22)28(32)33/h1-6,8-9,12,16,20-21,28,36,41H,7,10-11,13-14H2/t16?,20?,21-/m1/s1. The van der Waals surface area contributed by atoms with E-state index in [0.29, 0.717) is 46.7 Å². The lowest BCUT2D eigenvalue weighted by Gasteiger charge is -2.34. The topological polar surface area (TPSA) is 101 Å². The zero-order valence-corrected chi connectivity index (χ0v) is 22.8. The van der Waals surface area contributed by atoms with Gasteiger partial charge in [0.2, 0.25) is 0 Å². The molecule has 2 N–H and O–H groups in total. The van der Waals surface area contributed by atoms with Gasteiger partial charge >= 0.3 is 12.6 Å². The third kappa shape index (κ3) is 4.69. The highest BCUT2D eigenvalue weighted by Crippen LogP contribution is 2.38. The van der Waals surface area contributed by atoms with Crippen molar-refractivity contribution < 1.29 is 23.0 Å². The fourth-order valence-corrected chi connectivity index (χ4v) is 6.23. The van der Waals surface area contributed by atoms with Crippen LogP contribution in [0.1, 0.15) is 18.8 Å². The van der Waals surface area contributed by atoms with Crippen LogP contribution in [0.3, 0.4) is 0 Å². The summed E-state index contributed by atoms with van der Waals surface area (Å²) < 4.78 is 49.5. The van der Waals surface area contributed by atoms with E-state index in [0.717, 1.165) is 9.95 Å². The number of piperazine rings is 1. The van der Waals surface area contributed by atoms with E-state index < -0.39 is 18.5 Å². The molecule has 2 fully saturated rings. The molecule has 2 aliphatic heterocycles. The maximum Gasteiger partial charge on any atom is 0.319 e. The minimum absolute atomic E-state index is 0.00423. The van der Waals surface area contributed by atoms with Crippen LogP contribution in [0, 0.1) is 5.82 Å². The van der Waals surface area contributed by atoms with Crippen LogP contribution in [0.2, 0.25) is 5.02 Å². The number of ether oxygens (including phenoxy) is 1. The molecule has 3 aromatic heterocycles. The summed E-state index contributed by atoms with van der Waals surface area (Å²) in [5, 5.41) is 16.2. The van der Waals surface area contributed by atoms with E-state index in [2.05, 4.69) is 25.3 Å². The van der Waals surface area contributed by atoms with Crippen LogP contribution >= 0.6 is 11.6 Å². The Bertz CT molecular complexity index is 1800. The molecule has 0 saturated carbocycles. The lowest BCUT2D eigenvalue weighted by Crippen LogP contribution is -2.53. The van der Waals surface area contributed by atoms with E-state index in [-0.39, 0.29) is 48.2 Å². The number of alkyl halides is 2. The molecule has 13 heteroatoms. The molecule has 0 radical (unpaired) electrons. The summed E-state index contributed by atoms with van der Waals surface area (Å²) in [7, 11) is 0. The van der Waals surface area contributed by atoms with E-state index in [1.54, 1.807) is 18.3 Å². The zero-order chi connectivity index (χ0) is 29.0. The summed E-state index contributed by atoms with van der Waals surface area (Å²) in [6, 6.07) is 10.7. The van der Waals surface area contributed by atoms with Gasteiger partial charge in [-0.15, -0.1) is 0 Å². The van der Waals surface area contributed by atoms with E-state index in [1.165, 1.54) is 12.4 Å². The predicted octanol–water partition coefficient (Wildman–Crippen LogP) is 4.76. The predicted molar refractivity (Wildman–Crippen MR) is 151 cm³/mol. The molecule has 3 atom stereocenters. The van der Waals surface area contributed by atoms with E-state index in [1.807, 2.05) is 29.2 Å². The lowest BCUT2D eigenvalue weighted by molar-refractivity contribution is 0.0663. The molecule has 42 heavy (non-hydrogen) atoms. The number of hydrogen-bond donors (Lipinski definition) is 2. The Morgan fingerprint density at radius 2 is 1.95 bits per heavy atom. The monoisotopic (exact) mass is 595 g/mol. The molecule has 2 saturated heterocycles. The third-order valence-corrected chi connectivity index (χ3v) is 8.18. The van der Waals surface area contributed by atoms with Crippen molar-refractivity contribution in [3.63, 3.8) is 0 Å². The first kappa shape index (κ1) is 26.9. The number of anilines is 1. The highest BCUT2D eigenvalue weighted by atomic mass is 35.5. The van der Waals surface area contributed by atoms with E-state index >= 15 is 4.39 Å². The SMILES string of the molecule is O[C@@H]1CC2CN(c3nc(OCCc4nccn4C(F)F)nc4c(F)c(-c5cccc6cccc(Cl)c56)ncc34)CC1N2. The number of pyridine rings is 1. The van der Waals surface area contributed by atoms with Gasteiger partial charge in [0.1, 0.15) is 22.9 Å². The second-order valence-corrected chi connectivity index (χ2v) is 10.9. The summed E-state index contributed by atoms with van der Waals surface area (Å²) in [6.07, 6.45) is 4.20. The van der Waals surface area contributed by atoms with Crippen LogP contribution in [-0.2, 0) is 6.42 Å². The van der Waals surface area contributed by atoms with Gasteiger partial charge in [-0.1, -0.05) is 41.9 Å². The Morgan fingerprint density at radius 1 is 1.12 bits per heavy atom. The Kier molecular flexibility index (Phi) is 6.83. The van der Waals surface area contributed by atoms with Gasteiger partial charge < -0.3 is 20.1 Å². The first-order chi connectivity index (χ1) is 20.4. The summed E-state index contributed by atoms with van der Waals surface area (Å²) in [6.45, 7) is -1.81. The maximum atomic E-state index is 16.4. The molecule has 2 aliphatic rings. The van der Waals surface area contributed by atoms with Crippen molar-refractivity contribution in [2.75, 3.05) is 24.6 Å². The van der Waals surface area contributed by atoms with Crippen molar-refractivity contribution in [2.45, 2.75) is 37.6 Å². The first-order valence-electron chi connectivity index (χ1n) is 13.5. The number of halogens is 4. The number of nitrogens with one attached hydrogen (secondary N) is 1. The van der Waals surface area contributed by atoms with Gasteiger partial charge in [0.25, 0.3) is 0 Å². The smallest absolute Gasteiger partial charge is 0.319 e. The molecule has 5 aromatic rings. The molecule has 2 aromatic carbocycles. The molecule has 0 spiro atoms. The van der Waals surface area contributed by atoms with Crippen molar-refractivity contribution >= 4 is 39.1 Å². The molecule has 7 rings (SSSR count). The van der Waals surface area contributed by atoms with Crippen molar-refractivity contribution in [1.82, 2.24) is 29.8 Å². The van der Waals surface area contributed by atoms with E-state index in [9.17, 15) is 13.9 Å². The first-order valence-corrected chi connectivity index (χ1v) is 13.9. The number of nitrogens with zero attached hydrogens (tertiary/aromatic N) is 6. The highest BCUT2D eigenvalue weighted by molar-refractivity contribution is 6.36. The molecule has 216 valence electrons. The third-order valence-electron chi connectivity index (χ3n) is 7.87. The maximum absolute atomic E-state index is 16.4. The van der Waals surface area contributed by atoms with E-state index in [4.69, 9.17) is 16.3 Å². The molecule has 5 heterocycles. The molecular formula is C29H25ClF3N7O2. The van der Waals surface area contributed by atoms with Crippen molar-refractivity contribution in [1.29, 1.82) is 0 Å². The van der Waals surface area contributed by atoms with Gasteiger partial charge in [-0.2, -0.15) is 18.7 Å². The Hall–Kier alpha value is -4.00. The Balaban J connectivity index is 1.31. The van der Waals surface area contributed by atoms with Crippen LogP contribution in [0.15, 0.2) is 55.0 Å². The number of rotatable bonds is 7. The average Bonchev–Trinajstić information content (AvgIpc) is 3.56.